The van der Waals surface area contributed by atoms with Crippen molar-refractivity contribution in [2.45, 2.75) is 85.5 Å². The van der Waals surface area contributed by atoms with Crippen molar-refractivity contribution >= 4 is 5.97 Å². The Labute approximate surface area is 165 Å². The molecule has 0 atom stereocenters. The third-order valence-corrected chi connectivity index (χ3v) is 5.95. The normalized spacial score (nSPS) is 25.1. The van der Waals surface area contributed by atoms with Crippen LogP contribution in [-0.4, -0.2) is 11.1 Å². The lowest BCUT2D eigenvalue weighted by molar-refractivity contribution is -0.131. The van der Waals surface area contributed by atoms with E-state index in [0.717, 1.165) is 18.4 Å². The van der Waals surface area contributed by atoms with Gasteiger partial charge in [0.25, 0.3) is 0 Å². The van der Waals surface area contributed by atoms with Crippen LogP contribution < -0.4 is 0 Å². The zero-order chi connectivity index (χ0) is 19.9. The summed E-state index contributed by atoms with van der Waals surface area (Å²) >= 11 is 0. The van der Waals surface area contributed by atoms with E-state index in [0.29, 0.717) is 0 Å². The molecule has 0 unspecified atom stereocenters. The second kappa shape index (κ2) is 9.92. The first-order valence-corrected chi connectivity index (χ1v) is 10.5. The van der Waals surface area contributed by atoms with E-state index in [1.54, 1.807) is 0 Å². The number of hydrogen-bond acceptors (Lipinski definition) is 1. The van der Waals surface area contributed by atoms with Gasteiger partial charge in [-0.15, -0.1) is 0 Å². The number of aliphatic carboxylic acids is 1. The molecular formula is C25H36O2. The number of rotatable bonds is 5. The van der Waals surface area contributed by atoms with Gasteiger partial charge < -0.3 is 5.11 Å². The van der Waals surface area contributed by atoms with Crippen molar-refractivity contribution in [3.63, 3.8) is 0 Å². The first-order chi connectivity index (χ1) is 12.8. The maximum Gasteiger partial charge on any atom is 0.328 e. The van der Waals surface area contributed by atoms with E-state index in [4.69, 9.17) is 5.11 Å². The van der Waals surface area contributed by atoms with E-state index in [-0.39, 0.29) is 5.41 Å². The fraction of sp³-hybridized carbons (Fsp3) is 0.560. The van der Waals surface area contributed by atoms with Crippen molar-refractivity contribution in [1.82, 2.24) is 0 Å². The van der Waals surface area contributed by atoms with E-state index in [1.807, 2.05) is 13.0 Å². The summed E-state index contributed by atoms with van der Waals surface area (Å²) < 4.78 is 0. The highest BCUT2D eigenvalue weighted by Crippen LogP contribution is 2.41. The molecule has 0 saturated heterocycles. The summed E-state index contributed by atoms with van der Waals surface area (Å²) in [6.45, 7) is 8.86. The van der Waals surface area contributed by atoms with E-state index < -0.39 is 5.97 Å². The fourth-order valence-electron chi connectivity index (χ4n) is 4.36. The SMILES string of the molecule is CC1=C(/C=C/C2=C(\C=C\C(C)=C\C(=O)O)CCCCCC2)C(C)(C)CCC1. The zero-order valence-corrected chi connectivity index (χ0v) is 17.6. The van der Waals surface area contributed by atoms with Crippen LogP contribution in [-0.2, 0) is 4.79 Å². The van der Waals surface area contributed by atoms with Gasteiger partial charge in [-0.25, -0.2) is 4.79 Å². The molecule has 0 saturated carbocycles. The van der Waals surface area contributed by atoms with Crippen molar-refractivity contribution < 1.29 is 9.90 Å². The van der Waals surface area contributed by atoms with Gasteiger partial charge in [0.15, 0.2) is 0 Å². The molecule has 0 bridgehead atoms. The number of allylic oxidation sites excluding steroid dienone is 9. The minimum Gasteiger partial charge on any atom is -0.478 e. The van der Waals surface area contributed by atoms with Gasteiger partial charge in [-0.1, -0.05) is 56.6 Å². The summed E-state index contributed by atoms with van der Waals surface area (Å²) in [5.41, 5.74) is 6.89. The molecule has 0 spiro atoms. The minimum atomic E-state index is -0.883. The Kier molecular flexibility index (Phi) is 7.89. The fourth-order valence-corrected chi connectivity index (χ4v) is 4.36. The molecule has 0 amide bonds. The van der Waals surface area contributed by atoms with E-state index >= 15 is 0 Å². The van der Waals surface area contributed by atoms with Gasteiger partial charge in [-0.05, 0) is 86.5 Å². The number of carboxylic acid groups (broad SMARTS) is 1. The third kappa shape index (κ3) is 6.68. The van der Waals surface area contributed by atoms with Crippen LogP contribution in [0.5, 0.6) is 0 Å². The molecule has 0 heterocycles. The highest BCUT2D eigenvalue weighted by Gasteiger charge is 2.26. The topological polar surface area (TPSA) is 37.3 Å². The van der Waals surface area contributed by atoms with E-state index in [1.165, 1.54) is 73.3 Å². The van der Waals surface area contributed by atoms with Crippen LogP contribution in [0.25, 0.3) is 0 Å². The molecule has 0 fully saturated rings. The van der Waals surface area contributed by atoms with Gasteiger partial charge in [0.05, 0.1) is 0 Å². The van der Waals surface area contributed by atoms with Crippen LogP contribution in [0.2, 0.25) is 0 Å². The van der Waals surface area contributed by atoms with Crippen molar-refractivity contribution in [3.05, 3.63) is 58.2 Å². The Balaban J connectivity index is 2.33. The molecule has 27 heavy (non-hydrogen) atoms. The Morgan fingerprint density at radius 1 is 0.926 bits per heavy atom. The Bertz CT molecular complexity index is 696. The van der Waals surface area contributed by atoms with Gasteiger partial charge in [-0.2, -0.15) is 0 Å². The summed E-state index contributed by atoms with van der Waals surface area (Å²) in [4.78, 5) is 10.9. The monoisotopic (exact) mass is 368 g/mol. The van der Waals surface area contributed by atoms with Crippen LogP contribution in [0, 0.1) is 5.41 Å². The van der Waals surface area contributed by atoms with Crippen molar-refractivity contribution in [2.24, 2.45) is 5.41 Å². The smallest absolute Gasteiger partial charge is 0.328 e. The molecule has 1 N–H and O–H groups in total. The summed E-state index contributed by atoms with van der Waals surface area (Å²) in [5, 5.41) is 8.92. The van der Waals surface area contributed by atoms with Crippen LogP contribution in [0.15, 0.2) is 58.2 Å². The van der Waals surface area contributed by atoms with Gasteiger partial charge in [0.1, 0.15) is 0 Å². The predicted octanol–water partition coefficient (Wildman–Crippen LogP) is 7.31. The zero-order valence-electron chi connectivity index (χ0n) is 17.6. The van der Waals surface area contributed by atoms with E-state index in [2.05, 4.69) is 39.0 Å². The lowest BCUT2D eigenvalue weighted by Gasteiger charge is -2.33. The van der Waals surface area contributed by atoms with Gasteiger partial charge >= 0.3 is 5.97 Å². The summed E-state index contributed by atoms with van der Waals surface area (Å²) in [5.74, 6) is -0.883. The highest BCUT2D eigenvalue weighted by atomic mass is 16.4. The Hall–Kier alpha value is -1.83. The molecule has 148 valence electrons. The summed E-state index contributed by atoms with van der Waals surface area (Å²) in [6.07, 6.45) is 21.1. The van der Waals surface area contributed by atoms with Crippen LogP contribution >= 0.6 is 0 Å². The second-order valence-electron chi connectivity index (χ2n) is 8.79. The highest BCUT2D eigenvalue weighted by molar-refractivity contribution is 5.81. The number of hydrogen-bond donors (Lipinski definition) is 1. The molecule has 2 nitrogen and oxygen atoms in total. The average molecular weight is 369 g/mol. The Morgan fingerprint density at radius 3 is 2.15 bits per heavy atom. The lowest BCUT2D eigenvalue weighted by Crippen LogP contribution is -2.19. The van der Waals surface area contributed by atoms with Crippen LogP contribution in [0.1, 0.15) is 85.5 Å². The van der Waals surface area contributed by atoms with Gasteiger partial charge in [0.2, 0.25) is 0 Å². The predicted molar refractivity (Wildman–Crippen MR) is 115 cm³/mol. The average Bonchev–Trinajstić information content (AvgIpc) is 2.54. The Morgan fingerprint density at radius 2 is 1.56 bits per heavy atom. The molecule has 0 radical (unpaired) electrons. The standard InChI is InChI=1S/C25H36O2/c1-19(18-24(26)27)13-14-21-11-7-5-6-8-12-22(21)15-16-23-20(2)10-9-17-25(23,3)4/h13-16,18H,5-12,17H2,1-4H3,(H,26,27)/b14-13+,16-15+,19-18+,22-21-. The molecule has 2 heteroatoms. The van der Waals surface area contributed by atoms with Crippen molar-refractivity contribution in [3.8, 4) is 0 Å². The summed E-state index contributed by atoms with van der Waals surface area (Å²) in [6, 6.07) is 0. The lowest BCUT2D eigenvalue weighted by atomic mass is 9.72. The number of carboxylic acids is 1. The van der Waals surface area contributed by atoms with Gasteiger partial charge in [0, 0.05) is 6.08 Å². The molecule has 0 aromatic heterocycles. The molecule has 2 rings (SSSR count). The maximum absolute atomic E-state index is 10.9. The quantitative estimate of drug-likeness (QED) is 0.408. The third-order valence-electron chi connectivity index (χ3n) is 5.95. The first-order valence-electron chi connectivity index (χ1n) is 10.5. The van der Waals surface area contributed by atoms with Gasteiger partial charge in [-0.3, -0.25) is 0 Å². The van der Waals surface area contributed by atoms with Crippen LogP contribution in [0.3, 0.4) is 0 Å². The molecule has 2 aliphatic rings. The van der Waals surface area contributed by atoms with Crippen molar-refractivity contribution in [1.29, 1.82) is 0 Å². The van der Waals surface area contributed by atoms with Crippen molar-refractivity contribution in [2.75, 3.05) is 0 Å². The molecule has 0 aliphatic heterocycles. The molecule has 2 aliphatic carbocycles. The first kappa shape index (κ1) is 21.5. The second-order valence-corrected chi connectivity index (χ2v) is 8.79. The maximum atomic E-state index is 10.9. The number of carbonyl (C=O) groups is 1. The molecular weight excluding hydrogens is 332 g/mol. The molecule has 0 aromatic carbocycles. The molecule has 0 aromatic rings. The van der Waals surface area contributed by atoms with E-state index in [9.17, 15) is 4.79 Å². The van der Waals surface area contributed by atoms with Crippen LogP contribution in [0.4, 0.5) is 0 Å². The minimum absolute atomic E-state index is 0.262. The summed E-state index contributed by atoms with van der Waals surface area (Å²) in [7, 11) is 0. The largest absolute Gasteiger partial charge is 0.478 e.